The summed E-state index contributed by atoms with van der Waals surface area (Å²) < 4.78 is 0. The molecule has 0 radical (unpaired) electrons. The molecule has 1 fully saturated rings. The summed E-state index contributed by atoms with van der Waals surface area (Å²) in [5.41, 5.74) is 6.22. The summed E-state index contributed by atoms with van der Waals surface area (Å²) in [6, 6.07) is 10.0. The second-order valence-electron chi connectivity index (χ2n) is 6.73. The highest BCUT2D eigenvalue weighted by atomic mass is 16.2. The van der Waals surface area contributed by atoms with Crippen LogP contribution in [0.1, 0.15) is 32.3 Å². The highest BCUT2D eigenvalue weighted by molar-refractivity contribution is 5.85. The topological polar surface area (TPSA) is 66.6 Å². The molecule has 126 valence electrons. The van der Waals surface area contributed by atoms with E-state index in [2.05, 4.69) is 0 Å². The molecule has 2 rings (SSSR count). The molecule has 0 unspecified atom stereocenters. The molecule has 0 aliphatic carbocycles. The molecule has 2 amide bonds. The van der Waals surface area contributed by atoms with E-state index in [1.165, 1.54) is 5.56 Å². The second kappa shape index (κ2) is 7.59. The first kappa shape index (κ1) is 17.5. The van der Waals surface area contributed by atoms with E-state index < -0.39 is 5.54 Å². The van der Waals surface area contributed by atoms with Gasteiger partial charge in [0, 0.05) is 32.6 Å². The number of carbonyl (C=O) groups excluding carboxylic acids is 2. The number of amides is 2. The summed E-state index contributed by atoms with van der Waals surface area (Å²) in [5, 5.41) is 0. The van der Waals surface area contributed by atoms with Crippen LogP contribution >= 0.6 is 0 Å². The van der Waals surface area contributed by atoms with Gasteiger partial charge in [0.2, 0.25) is 11.8 Å². The van der Waals surface area contributed by atoms with Crippen molar-refractivity contribution in [1.82, 2.24) is 9.80 Å². The summed E-state index contributed by atoms with van der Waals surface area (Å²) in [6.07, 6.45) is 2.08. The van der Waals surface area contributed by atoms with Crippen LogP contribution in [0, 0.1) is 0 Å². The van der Waals surface area contributed by atoms with Gasteiger partial charge in [0.05, 0.1) is 5.54 Å². The van der Waals surface area contributed by atoms with Crippen molar-refractivity contribution >= 4 is 11.8 Å². The second-order valence-corrected chi connectivity index (χ2v) is 6.73. The molecule has 1 heterocycles. The highest BCUT2D eigenvalue weighted by Crippen LogP contribution is 2.11. The molecular weight excluding hydrogens is 290 g/mol. The number of hydrogen-bond donors (Lipinski definition) is 1. The van der Waals surface area contributed by atoms with Crippen LogP contribution < -0.4 is 5.73 Å². The SMILES string of the molecule is CC(C)(N)C(=O)N1CCCN(C(=O)CCc2ccccc2)CC1. The van der Waals surface area contributed by atoms with Gasteiger partial charge in [0.15, 0.2) is 0 Å². The van der Waals surface area contributed by atoms with Crippen LogP contribution in [-0.2, 0) is 16.0 Å². The number of carbonyl (C=O) groups is 2. The highest BCUT2D eigenvalue weighted by Gasteiger charge is 2.29. The Morgan fingerprint density at radius 2 is 1.65 bits per heavy atom. The molecule has 0 aromatic heterocycles. The zero-order valence-electron chi connectivity index (χ0n) is 14.1. The fraction of sp³-hybridized carbons (Fsp3) is 0.556. The molecule has 23 heavy (non-hydrogen) atoms. The zero-order valence-corrected chi connectivity index (χ0v) is 14.1. The first-order valence-corrected chi connectivity index (χ1v) is 8.28. The Morgan fingerprint density at radius 3 is 2.30 bits per heavy atom. The Morgan fingerprint density at radius 1 is 1.04 bits per heavy atom. The van der Waals surface area contributed by atoms with E-state index in [1.807, 2.05) is 35.2 Å². The van der Waals surface area contributed by atoms with Crippen molar-refractivity contribution in [1.29, 1.82) is 0 Å². The molecule has 0 bridgehead atoms. The molecule has 1 aromatic rings. The van der Waals surface area contributed by atoms with Gasteiger partial charge in [-0.1, -0.05) is 30.3 Å². The maximum atomic E-state index is 12.4. The third kappa shape index (κ3) is 5.06. The van der Waals surface area contributed by atoms with Crippen molar-refractivity contribution in [2.45, 2.75) is 38.6 Å². The normalized spacial score (nSPS) is 16.1. The first-order valence-electron chi connectivity index (χ1n) is 8.28. The number of nitrogens with two attached hydrogens (primary N) is 1. The van der Waals surface area contributed by atoms with Crippen molar-refractivity contribution in [2.75, 3.05) is 26.2 Å². The van der Waals surface area contributed by atoms with Gasteiger partial charge in [-0.15, -0.1) is 0 Å². The van der Waals surface area contributed by atoms with E-state index >= 15 is 0 Å². The van der Waals surface area contributed by atoms with Crippen molar-refractivity contribution in [3.05, 3.63) is 35.9 Å². The molecular formula is C18H27N3O2. The maximum Gasteiger partial charge on any atom is 0.242 e. The Kier molecular flexibility index (Phi) is 5.77. The first-order chi connectivity index (χ1) is 10.9. The van der Waals surface area contributed by atoms with E-state index in [-0.39, 0.29) is 11.8 Å². The van der Waals surface area contributed by atoms with Crippen LogP contribution in [0.15, 0.2) is 30.3 Å². The van der Waals surface area contributed by atoms with Gasteiger partial charge in [-0.3, -0.25) is 9.59 Å². The van der Waals surface area contributed by atoms with Crippen molar-refractivity contribution in [3.63, 3.8) is 0 Å². The molecule has 0 atom stereocenters. The number of nitrogens with zero attached hydrogens (tertiary/aromatic N) is 2. The van der Waals surface area contributed by atoms with E-state index in [4.69, 9.17) is 5.73 Å². The van der Waals surface area contributed by atoms with Gasteiger partial charge >= 0.3 is 0 Å². The summed E-state index contributed by atoms with van der Waals surface area (Å²) in [7, 11) is 0. The lowest BCUT2D eigenvalue weighted by Gasteiger charge is -2.28. The molecule has 1 aliphatic rings. The predicted molar refractivity (Wildman–Crippen MR) is 90.8 cm³/mol. The van der Waals surface area contributed by atoms with Gasteiger partial charge in [-0.05, 0) is 32.3 Å². The lowest BCUT2D eigenvalue weighted by atomic mass is 10.1. The van der Waals surface area contributed by atoms with Gasteiger partial charge < -0.3 is 15.5 Å². The third-order valence-electron chi connectivity index (χ3n) is 4.16. The Bertz CT molecular complexity index is 537. The zero-order chi connectivity index (χ0) is 16.9. The van der Waals surface area contributed by atoms with Crippen molar-refractivity contribution in [2.24, 2.45) is 5.73 Å². The monoisotopic (exact) mass is 317 g/mol. The van der Waals surface area contributed by atoms with Crippen molar-refractivity contribution in [3.8, 4) is 0 Å². The fourth-order valence-electron chi connectivity index (χ4n) is 2.83. The van der Waals surface area contributed by atoms with Gasteiger partial charge in [-0.2, -0.15) is 0 Å². The molecule has 5 heteroatoms. The van der Waals surface area contributed by atoms with Crippen LogP contribution in [-0.4, -0.2) is 53.3 Å². The number of aryl methyl sites for hydroxylation is 1. The summed E-state index contributed by atoms with van der Waals surface area (Å²) in [4.78, 5) is 28.3. The van der Waals surface area contributed by atoms with E-state index in [9.17, 15) is 9.59 Å². The van der Waals surface area contributed by atoms with Crippen LogP contribution in [0.3, 0.4) is 0 Å². The van der Waals surface area contributed by atoms with Gasteiger partial charge in [-0.25, -0.2) is 0 Å². The van der Waals surface area contributed by atoms with E-state index in [0.29, 0.717) is 32.6 Å². The van der Waals surface area contributed by atoms with Crippen LogP contribution in [0.4, 0.5) is 0 Å². The standard InChI is InChI=1S/C18H27N3O2/c1-18(2,19)17(23)21-12-6-11-20(13-14-21)16(22)10-9-15-7-4-3-5-8-15/h3-5,7-8H,6,9-14,19H2,1-2H3. The van der Waals surface area contributed by atoms with Crippen LogP contribution in [0.5, 0.6) is 0 Å². The van der Waals surface area contributed by atoms with Gasteiger partial charge in [0.1, 0.15) is 0 Å². The average Bonchev–Trinajstić information content (AvgIpc) is 2.78. The number of hydrogen-bond acceptors (Lipinski definition) is 3. The molecule has 2 N–H and O–H groups in total. The summed E-state index contributed by atoms with van der Waals surface area (Å²) >= 11 is 0. The molecule has 1 aliphatic heterocycles. The molecule has 5 nitrogen and oxygen atoms in total. The van der Waals surface area contributed by atoms with E-state index in [1.54, 1.807) is 18.7 Å². The molecule has 0 saturated carbocycles. The fourth-order valence-corrected chi connectivity index (χ4v) is 2.83. The quantitative estimate of drug-likeness (QED) is 0.913. The predicted octanol–water partition coefficient (Wildman–Crippen LogP) is 1.42. The Labute approximate surface area is 138 Å². The summed E-state index contributed by atoms with van der Waals surface area (Å²) in [6.45, 7) is 5.99. The minimum atomic E-state index is -0.855. The average molecular weight is 317 g/mol. The Hall–Kier alpha value is -1.88. The smallest absolute Gasteiger partial charge is 0.242 e. The Balaban J connectivity index is 1.85. The minimum absolute atomic E-state index is 0.0453. The molecule has 0 spiro atoms. The number of benzene rings is 1. The van der Waals surface area contributed by atoms with Crippen LogP contribution in [0.25, 0.3) is 0 Å². The van der Waals surface area contributed by atoms with Crippen LogP contribution in [0.2, 0.25) is 0 Å². The van der Waals surface area contributed by atoms with E-state index in [0.717, 1.165) is 12.8 Å². The lowest BCUT2D eigenvalue weighted by Crippen LogP contribution is -2.52. The minimum Gasteiger partial charge on any atom is -0.341 e. The lowest BCUT2D eigenvalue weighted by molar-refractivity contribution is -0.136. The molecule has 1 saturated heterocycles. The number of rotatable bonds is 4. The maximum absolute atomic E-state index is 12.4. The third-order valence-corrected chi connectivity index (χ3v) is 4.16. The van der Waals surface area contributed by atoms with Crippen molar-refractivity contribution < 1.29 is 9.59 Å². The summed E-state index contributed by atoms with van der Waals surface area (Å²) in [5.74, 6) is 0.117. The van der Waals surface area contributed by atoms with Gasteiger partial charge in [0.25, 0.3) is 0 Å². The molecule has 1 aromatic carbocycles. The largest absolute Gasteiger partial charge is 0.341 e.